The summed E-state index contributed by atoms with van der Waals surface area (Å²) < 4.78 is 4.62. The molecule has 0 amide bonds. The summed E-state index contributed by atoms with van der Waals surface area (Å²) >= 11 is 0. The van der Waals surface area contributed by atoms with E-state index in [1.165, 1.54) is 0 Å². The van der Waals surface area contributed by atoms with E-state index in [9.17, 15) is 19.2 Å². The molecule has 0 aromatic heterocycles. The summed E-state index contributed by atoms with van der Waals surface area (Å²) in [7, 11) is 0. The molecule has 6 heteroatoms. The highest BCUT2D eigenvalue weighted by Crippen LogP contribution is 2.13. The van der Waals surface area contributed by atoms with Gasteiger partial charge in [-0.25, -0.2) is 9.59 Å². The number of ketones is 2. The van der Waals surface area contributed by atoms with Gasteiger partial charge in [-0.1, -0.05) is 0 Å². The van der Waals surface area contributed by atoms with Gasteiger partial charge >= 0.3 is 11.9 Å². The van der Waals surface area contributed by atoms with Crippen molar-refractivity contribution in [1.29, 1.82) is 0 Å². The Hall–Kier alpha value is -1.98. The predicted molar refractivity (Wildman–Crippen MR) is 52.6 cm³/mol. The molecule has 0 saturated heterocycles. The van der Waals surface area contributed by atoms with Gasteiger partial charge < -0.3 is 9.84 Å². The Kier molecular flexibility index (Phi) is 4.56. The number of carboxylic acid groups (broad SMARTS) is 1. The predicted octanol–water partition coefficient (Wildman–Crippen LogP) is 0.107. The second-order valence-electron chi connectivity index (χ2n) is 3.24. The minimum atomic E-state index is -1.86. The van der Waals surface area contributed by atoms with Gasteiger partial charge in [0.25, 0.3) is 0 Å². The molecule has 6 nitrogen and oxygen atoms in total. The zero-order valence-electron chi connectivity index (χ0n) is 9.14. The fourth-order valence-electron chi connectivity index (χ4n) is 0.766. The van der Waals surface area contributed by atoms with Crippen molar-refractivity contribution < 1.29 is 29.0 Å². The maximum atomic E-state index is 11.1. The SMILES string of the molecule is CC(=O)C(C)(OC(=O)C=CC(=O)O)C(C)=O. The number of hydrogen-bond acceptors (Lipinski definition) is 5. The smallest absolute Gasteiger partial charge is 0.332 e. The molecule has 0 heterocycles. The van der Waals surface area contributed by atoms with Crippen LogP contribution in [-0.2, 0) is 23.9 Å². The summed E-state index contributed by atoms with van der Waals surface area (Å²) in [5.74, 6) is -3.64. The third-order valence-corrected chi connectivity index (χ3v) is 2.01. The van der Waals surface area contributed by atoms with Crippen molar-refractivity contribution in [3.63, 3.8) is 0 Å². The van der Waals surface area contributed by atoms with Gasteiger partial charge in [0.05, 0.1) is 0 Å². The quantitative estimate of drug-likeness (QED) is 0.407. The number of carbonyl (C=O) groups is 4. The summed E-state index contributed by atoms with van der Waals surface area (Å²) in [6, 6.07) is 0. The van der Waals surface area contributed by atoms with E-state index < -0.39 is 29.1 Å². The molecule has 0 unspecified atom stereocenters. The van der Waals surface area contributed by atoms with Crippen LogP contribution in [0.15, 0.2) is 12.2 Å². The maximum absolute atomic E-state index is 11.1. The monoisotopic (exact) mass is 228 g/mol. The molecule has 88 valence electrons. The molecular weight excluding hydrogens is 216 g/mol. The summed E-state index contributed by atoms with van der Waals surface area (Å²) in [5, 5.41) is 8.25. The lowest BCUT2D eigenvalue weighted by Crippen LogP contribution is -2.45. The third kappa shape index (κ3) is 3.64. The Balaban J connectivity index is 4.80. The van der Waals surface area contributed by atoms with Crippen LogP contribution >= 0.6 is 0 Å². The molecule has 0 fully saturated rings. The molecule has 0 radical (unpaired) electrons. The number of rotatable bonds is 5. The standard InChI is InChI=1S/C10H12O6/c1-6(11)10(3,7(2)12)16-9(15)5-4-8(13)14/h4-5H,1-3H3,(H,13,14). The van der Waals surface area contributed by atoms with Crippen molar-refractivity contribution in [2.45, 2.75) is 26.4 Å². The normalized spacial score (nSPS) is 11.2. The summed E-state index contributed by atoms with van der Waals surface area (Å²) in [6.07, 6.45) is 1.19. The zero-order valence-corrected chi connectivity index (χ0v) is 9.14. The van der Waals surface area contributed by atoms with E-state index in [0.29, 0.717) is 12.2 Å². The van der Waals surface area contributed by atoms with Crippen LogP contribution in [0, 0.1) is 0 Å². The molecule has 16 heavy (non-hydrogen) atoms. The van der Waals surface area contributed by atoms with E-state index in [1.807, 2.05) is 0 Å². The summed E-state index contributed by atoms with van der Waals surface area (Å²) in [6.45, 7) is 3.37. The minimum absolute atomic E-state index is 0.559. The molecule has 1 N–H and O–H groups in total. The molecule has 0 spiro atoms. The molecule has 0 aromatic carbocycles. The van der Waals surface area contributed by atoms with Gasteiger partial charge in [-0.3, -0.25) is 9.59 Å². The Morgan fingerprint density at radius 3 is 1.81 bits per heavy atom. The second kappa shape index (κ2) is 5.20. The molecule has 0 atom stereocenters. The first-order valence-electron chi connectivity index (χ1n) is 4.36. The lowest BCUT2D eigenvalue weighted by molar-refractivity contribution is -0.166. The molecule has 0 bridgehead atoms. The van der Waals surface area contributed by atoms with Crippen LogP contribution in [0.1, 0.15) is 20.8 Å². The van der Waals surface area contributed by atoms with Crippen LogP contribution in [-0.4, -0.2) is 34.2 Å². The number of carboxylic acids is 1. The maximum Gasteiger partial charge on any atom is 0.332 e. The second-order valence-corrected chi connectivity index (χ2v) is 3.24. The van der Waals surface area contributed by atoms with E-state index in [2.05, 4.69) is 4.74 Å². The highest BCUT2D eigenvalue weighted by molar-refractivity contribution is 6.10. The minimum Gasteiger partial charge on any atom is -0.478 e. The van der Waals surface area contributed by atoms with Gasteiger partial charge in [-0.2, -0.15) is 0 Å². The van der Waals surface area contributed by atoms with Gasteiger partial charge in [0.1, 0.15) is 0 Å². The van der Waals surface area contributed by atoms with Crippen molar-refractivity contribution in [3.8, 4) is 0 Å². The first-order chi connectivity index (χ1) is 7.20. The highest BCUT2D eigenvalue weighted by Gasteiger charge is 2.38. The van der Waals surface area contributed by atoms with Gasteiger partial charge in [0, 0.05) is 12.2 Å². The number of Topliss-reactive ketones (excluding diaryl/α,β-unsaturated/α-hetero) is 2. The first-order valence-corrected chi connectivity index (χ1v) is 4.36. The van der Waals surface area contributed by atoms with Gasteiger partial charge in [0.2, 0.25) is 5.60 Å². The van der Waals surface area contributed by atoms with Crippen LogP contribution in [0.4, 0.5) is 0 Å². The van der Waals surface area contributed by atoms with Crippen LogP contribution in [0.2, 0.25) is 0 Å². The van der Waals surface area contributed by atoms with Crippen molar-refractivity contribution in [3.05, 3.63) is 12.2 Å². The van der Waals surface area contributed by atoms with Crippen molar-refractivity contribution in [1.82, 2.24) is 0 Å². The Labute approximate surface area is 91.9 Å². The Morgan fingerprint density at radius 1 is 1.06 bits per heavy atom. The van der Waals surface area contributed by atoms with Crippen LogP contribution < -0.4 is 0 Å². The molecule has 0 aromatic rings. The molecule has 0 rings (SSSR count). The average Bonchev–Trinajstić information content (AvgIpc) is 2.13. The van der Waals surface area contributed by atoms with Gasteiger partial charge in [-0.05, 0) is 20.8 Å². The van der Waals surface area contributed by atoms with Crippen LogP contribution in [0.5, 0.6) is 0 Å². The number of esters is 1. The van der Waals surface area contributed by atoms with E-state index in [0.717, 1.165) is 20.8 Å². The zero-order chi connectivity index (χ0) is 12.9. The van der Waals surface area contributed by atoms with Crippen molar-refractivity contribution in [2.75, 3.05) is 0 Å². The molecular formula is C10H12O6. The molecule has 0 saturated carbocycles. The largest absolute Gasteiger partial charge is 0.478 e. The van der Waals surface area contributed by atoms with Crippen LogP contribution in [0.25, 0.3) is 0 Å². The fourth-order valence-corrected chi connectivity index (χ4v) is 0.766. The third-order valence-electron chi connectivity index (χ3n) is 2.01. The lowest BCUT2D eigenvalue weighted by Gasteiger charge is -2.22. The summed E-state index contributed by atoms with van der Waals surface area (Å²) in [4.78, 5) is 43.5. The number of ether oxygens (including phenoxy) is 1. The topological polar surface area (TPSA) is 97.7 Å². The highest BCUT2D eigenvalue weighted by atomic mass is 16.6. The number of aliphatic carboxylic acids is 1. The van der Waals surface area contributed by atoms with Crippen molar-refractivity contribution in [2.24, 2.45) is 0 Å². The van der Waals surface area contributed by atoms with Crippen LogP contribution in [0.3, 0.4) is 0 Å². The average molecular weight is 228 g/mol. The van der Waals surface area contributed by atoms with E-state index in [1.54, 1.807) is 0 Å². The van der Waals surface area contributed by atoms with E-state index in [-0.39, 0.29) is 0 Å². The number of hydrogen-bond donors (Lipinski definition) is 1. The lowest BCUT2D eigenvalue weighted by atomic mass is 9.97. The molecule has 0 aliphatic heterocycles. The van der Waals surface area contributed by atoms with Gasteiger partial charge in [-0.15, -0.1) is 0 Å². The van der Waals surface area contributed by atoms with E-state index >= 15 is 0 Å². The molecule has 0 aliphatic carbocycles. The summed E-state index contributed by atoms with van der Waals surface area (Å²) in [5.41, 5.74) is -1.86. The Bertz CT molecular complexity index is 352. The number of carbonyl (C=O) groups excluding carboxylic acids is 3. The molecule has 0 aliphatic rings. The Morgan fingerprint density at radius 2 is 1.50 bits per heavy atom. The fraction of sp³-hybridized carbons (Fsp3) is 0.400. The van der Waals surface area contributed by atoms with Gasteiger partial charge in [0.15, 0.2) is 11.6 Å². The van der Waals surface area contributed by atoms with Crippen molar-refractivity contribution >= 4 is 23.5 Å². The first kappa shape index (κ1) is 14.0. The van der Waals surface area contributed by atoms with E-state index in [4.69, 9.17) is 5.11 Å².